The number of hydrogen-bond acceptors (Lipinski definition) is 3. The lowest BCUT2D eigenvalue weighted by molar-refractivity contribution is -0.140. The maximum atomic E-state index is 10.9. The van der Waals surface area contributed by atoms with Gasteiger partial charge in [-0.3, -0.25) is 4.79 Å². The van der Waals surface area contributed by atoms with Crippen molar-refractivity contribution in [2.45, 2.75) is 40.5 Å². The van der Waals surface area contributed by atoms with Gasteiger partial charge in [0, 0.05) is 6.42 Å². The molecule has 3 nitrogen and oxygen atoms in total. The molecule has 1 N–H and O–H groups in total. The molecule has 0 aromatic heterocycles. The summed E-state index contributed by atoms with van der Waals surface area (Å²) in [5.74, 6) is 1.99. The fourth-order valence-corrected chi connectivity index (χ4v) is 1.97. The maximum absolute atomic E-state index is 10.9. The van der Waals surface area contributed by atoms with E-state index >= 15 is 0 Å². The molecule has 96 valence electrons. The summed E-state index contributed by atoms with van der Waals surface area (Å²) < 4.78 is 4.59. The number of methoxy groups -OCH3 is 1. The fraction of sp³-hybridized carbons (Fsp3) is 0.923. The van der Waals surface area contributed by atoms with Crippen LogP contribution in [0.15, 0.2) is 0 Å². The minimum absolute atomic E-state index is 0.119. The smallest absolute Gasteiger partial charge is 0.305 e. The molecule has 0 unspecified atom stereocenters. The van der Waals surface area contributed by atoms with E-state index < -0.39 is 0 Å². The summed E-state index contributed by atoms with van der Waals surface area (Å²) in [6.45, 7) is 11.0. The number of rotatable bonds is 8. The molecular weight excluding hydrogens is 202 g/mol. The van der Waals surface area contributed by atoms with Gasteiger partial charge in [-0.15, -0.1) is 0 Å². The predicted octanol–water partition coefficient (Wildman–Crippen LogP) is 2.46. The number of carbonyl (C=O) groups is 1. The van der Waals surface area contributed by atoms with Gasteiger partial charge in [-0.2, -0.15) is 0 Å². The first-order valence-corrected chi connectivity index (χ1v) is 6.26. The van der Waals surface area contributed by atoms with Gasteiger partial charge in [0.15, 0.2) is 0 Å². The summed E-state index contributed by atoms with van der Waals surface area (Å²) >= 11 is 0. The second-order valence-electron chi connectivity index (χ2n) is 5.04. The molecule has 0 amide bonds. The zero-order valence-corrected chi connectivity index (χ0v) is 11.4. The topological polar surface area (TPSA) is 38.3 Å². The summed E-state index contributed by atoms with van der Waals surface area (Å²) in [4.78, 5) is 10.9. The summed E-state index contributed by atoms with van der Waals surface area (Å²) in [5, 5.41) is 3.42. The molecule has 0 aliphatic heterocycles. The van der Waals surface area contributed by atoms with Gasteiger partial charge in [-0.05, 0) is 37.3 Å². The van der Waals surface area contributed by atoms with E-state index in [0.29, 0.717) is 24.2 Å². The van der Waals surface area contributed by atoms with Crippen LogP contribution in [0.5, 0.6) is 0 Å². The van der Waals surface area contributed by atoms with E-state index in [2.05, 4.69) is 37.7 Å². The van der Waals surface area contributed by atoms with E-state index in [4.69, 9.17) is 0 Å². The van der Waals surface area contributed by atoms with Gasteiger partial charge < -0.3 is 10.1 Å². The van der Waals surface area contributed by atoms with Crippen molar-refractivity contribution in [2.75, 3.05) is 20.2 Å². The average molecular weight is 229 g/mol. The molecule has 0 saturated carbocycles. The van der Waals surface area contributed by atoms with Gasteiger partial charge in [0.05, 0.1) is 7.11 Å². The highest BCUT2D eigenvalue weighted by atomic mass is 16.5. The second kappa shape index (κ2) is 8.57. The van der Waals surface area contributed by atoms with Crippen molar-refractivity contribution in [3.8, 4) is 0 Å². The van der Waals surface area contributed by atoms with Crippen LogP contribution in [0.25, 0.3) is 0 Å². The zero-order chi connectivity index (χ0) is 12.6. The molecule has 0 bridgehead atoms. The van der Waals surface area contributed by atoms with Crippen LogP contribution in [0.3, 0.4) is 0 Å². The van der Waals surface area contributed by atoms with Crippen LogP contribution in [0.1, 0.15) is 40.5 Å². The quantitative estimate of drug-likeness (QED) is 0.513. The third-order valence-corrected chi connectivity index (χ3v) is 3.05. The Morgan fingerprint density at radius 1 is 1.19 bits per heavy atom. The third kappa shape index (κ3) is 6.83. The van der Waals surface area contributed by atoms with Gasteiger partial charge in [0.1, 0.15) is 0 Å². The SMILES string of the molecule is COC(=O)CCCNCC(C(C)C)C(C)C. The Labute approximate surface area is 99.9 Å². The molecule has 0 heterocycles. The van der Waals surface area contributed by atoms with Gasteiger partial charge in [-0.25, -0.2) is 0 Å². The lowest BCUT2D eigenvalue weighted by atomic mass is 9.85. The van der Waals surface area contributed by atoms with E-state index in [-0.39, 0.29) is 5.97 Å². The van der Waals surface area contributed by atoms with Crippen molar-refractivity contribution < 1.29 is 9.53 Å². The molecule has 0 spiro atoms. The van der Waals surface area contributed by atoms with Crippen molar-refractivity contribution in [1.82, 2.24) is 5.32 Å². The molecule has 0 aromatic rings. The molecule has 0 atom stereocenters. The maximum Gasteiger partial charge on any atom is 0.305 e. The highest BCUT2D eigenvalue weighted by Crippen LogP contribution is 2.19. The fourth-order valence-electron chi connectivity index (χ4n) is 1.97. The second-order valence-corrected chi connectivity index (χ2v) is 5.04. The molecule has 0 saturated heterocycles. The molecule has 0 rings (SSSR count). The van der Waals surface area contributed by atoms with Gasteiger partial charge >= 0.3 is 5.97 Å². The first-order chi connectivity index (χ1) is 7.49. The Bertz CT molecular complexity index is 182. The standard InChI is InChI=1S/C13H27NO2/c1-10(2)12(11(3)4)9-14-8-6-7-13(15)16-5/h10-12,14H,6-9H2,1-5H3. The number of esters is 1. The van der Waals surface area contributed by atoms with Crippen LogP contribution in [-0.2, 0) is 9.53 Å². The molecule has 0 radical (unpaired) electrons. The predicted molar refractivity (Wildman–Crippen MR) is 67.3 cm³/mol. The van der Waals surface area contributed by atoms with Crippen LogP contribution < -0.4 is 5.32 Å². The van der Waals surface area contributed by atoms with Crippen molar-refractivity contribution >= 4 is 5.97 Å². The van der Waals surface area contributed by atoms with Crippen molar-refractivity contribution in [3.05, 3.63) is 0 Å². The van der Waals surface area contributed by atoms with E-state index in [9.17, 15) is 4.79 Å². The molecule has 3 heteroatoms. The summed E-state index contributed by atoms with van der Waals surface area (Å²) in [6.07, 6.45) is 1.37. The van der Waals surface area contributed by atoms with Crippen molar-refractivity contribution in [2.24, 2.45) is 17.8 Å². The highest BCUT2D eigenvalue weighted by Gasteiger charge is 2.16. The van der Waals surface area contributed by atoms with Crippen LogP contribution in [-0.4, -0.2) is 26.2 Å². The number of nitrogens with one attached hydrogen (secondary N) is 1. The highest BCUT2D eigenvalue weighted by molar-refractivity contribution is 5.68. The van der Waals surface area contributed by atoms with E-state index in [1.165, 1.54) is 7.11 Å². The third-order valence-electron chi connectivity index (χ3n) is 3.05. The number of carbonyl (C=O) groups excluding carboxylic acids is 1. The normalized spacial score (nSPS) is 11.5. The van der Waals surface area contributed by atoms with Crippen LogP contribution in [0.4, 0.5) is 0 Å². The minimum atomic E-state index is -0.119. The largest absolute Gasteiger partial charge is 0.469 e. The average Bonchev–Trinajstić information content (AvgIpc) is 2.21. The Hall–Kier alpha value is -0.570. The Kier molecular flexibility index (Phi) is 8.26. The molecular formula is C13H27NO2. The lowest BCUT2D eigenvalue weighted by Crippen LogP contribution is -2.30. The molecule has 0 aromatic carbocycles. The molecule has 0 aliphatic rings. The van der Waals surface area contributed by atoms with Crippen LogP contribution >= 0.6 is 0 Å². The molecule has 16 heavy (non-hydrogen) atoms. The Morgan fingerprint density at radius 3 is 2.19 bits per heavy atom. The number of ether oxygens (including phenoxy) is 1. The Balaban J connectivity index is 3.59. The summed E-state index contributed by atoms with van der Waals surface area (Å²) in [7, 11) is 1.43. The first-order valence-electron chi connectivity index (χ1n) is 6.26. The lowest BCUT2D eigenvalue weighted by Gasteiger charge is -2.25. The van der Waals surface area contributed by atoms with Gasteiger partial charge in [0.25, 0.3) is 0 Å². The first kappa shape index (κ1) is 15.4. The van der Waals surface area contributed by atoms with Crippen molar-refractivity contribution in [3.63, 3.8) is 0 Å². The van der Waals surface area contributed by atoms with Crippen molar-refractivity contribution in [1.29, 1.82) is 0 Å². The summed E-state index contributed by atoms with van der Waals surface area (Å²) in [6, 6.07) is 0. The number of hydrogen-bond donors (Lipinski definition) is 1. The monoisotopic (exact) mass is 229 g/mol. The van der Waals surface area contributed by atoms with E-state index in [1.54, 1.807) is 0 Å². The molecule has 0 aliphatic carbocycles. The van der Waals surface area contributed by atoms with Gasteiger partial charge in [-0.1, -0.05) is 27.7 Å². The minimum Gasteiger partial charge on any atom is -0.469 e. The van der Waals surface area contributed by atoms with Gasteiger partial charge in [0.2, 0.25) is 0 Å². The molecule has 0 fully saturated rings. The van der Waals surface area contributed by atoms with Crippen LogP contribution in [0.2, 0.25) is 0 Å². The van der Waals surface area contributed by atoms with E-state index in [0.717, 1.165) is 19.5 Å². The van der Waals surface area contributed by atoms with E-state index in [1.807, 2.05) is 0 Å². The summed E-state index contributed by atoms with van der Waals surface area (Å²) in [5.41, 5.74) is 0. The zero-order valence-electron chi connectivity index (χ0n) is 11.4. The van der Waals surface area contributed by atoms with Crippen LogP contribution in [0, 0.1) is 17.8 Å². The Morgan fingerprint density at radius 2 is 1.75 bits per heavy atom.